The quantitative estimate of drug-likeness (QED) is 0.424. The van der Waals surface area contributed by atoms with Gasteiger partial charge in [-0.3, -0.25) is 9.59 Å². The molecule has 2 rings (SSSR count). The molecule has 1 N–H and O–H groups in total. The van der Waals surface area contributed by atoms with Crippen LogP contribution in [0.15, 0.2) is 23.1 Å². The standard InChI is InChI=1S/C21H32N2O7S/c1-14(2)23(15(3)4)21(25)16(5)30-20(24)7-6-10-22-31(26,27)17-8-9-18-19(13-17)29-12-11-28-18/h8-9,13-16,22H,6-7,10-12H2,1-5H3. The normalized spacial score (nSPS) is 14.4. The van der Waals surface area contributed by atoms with E-state index in [9.17, 15) is 18.0 Å². The molecule has 0 saturated heterocycles. The second kappa shape index (κ2) is 10.8. The van der Waals surface area contributed by atoms with Crippen LogP contribution in [0.4, 0.5) is 0 Å². The van der Waals surface area contributed by atoms with E-state index in [1.807, 2.05) is 27.7 Å². The lowest BCUT2D eigenvalue weighted by atomic mass is 10.2. The van der Waals surface area contributed by atoms with Crippen LogP contribution in [-0.2, 0) is 24.3 Å². The Morgan fingerprint density at radius 1 is 1.06 bits per heavy atom. The third-order valence-corrected chi connectivity index (χ3v) is 6.16. The number of amides is 1. The average Bonchev–Trinajstić information content (AvgIpc) is 2.70. The Morgan fingerprint density at radius 3 is 2.29 bits per heavy atom. The number of benzene rings is 1. The lowest BCUT2D eigenvalue weighted by Gasteiger charge is -2.32. The molecule has 10 heteroatoms. The van der Waals surface area contributed by atoms with Gasteiger partial charge in [0.25, 0.3) is 5.91 Å². The number of carbonyl (C=O) groups excluding carboxylic acids is 2. The van der Waals surface area contributed by atoms with Crippen molar-refractivity contribution in [2.24, 2.45) is 0 Å². The zero-order valence-electron chi connectivity index (χ0n) is 18.7. The smallest absolute Gasteiger partial charge is 0.306 e. The lowest BCUT2D eigenvalue weighted by molar-refractivity contribution is -0.161. The summed E-state index contributed by atoms with van der Waals surface area (Å²) in [6.07, 6.45) is -0.668. The Morgan fingerprint density at radius 2 is 1.68 bits per heavy atom. The van der Waals surface area contributed by atoms with Gasteiger partial charge in [0.2, 0.25) is 10.0 Å². The van der Waals surface area contributed by atoms with E-state index < -0.39 is 22.1 Å². The van der Waals surface area contributed by atoms with E-state index in [2.05, 4.69) is 4.72 Å². The van der Waals surface area contributed by atoms with E-state index in [0.29, 0.717) is 24.7 Å². The molecule has 0 saturated carbocycles. The molecule has 1 heterocycles. The second-order valence-electron chi connectivity index (χ2n) is 7.87. The molecule has 0 spiro atoms. The highest BCUT2D eigenvalue weighted by atomic mass is 32.2. The molecular formula is C21H32N2O7S. The van der Waals surface area contributed by atoms with Gasteiger partial charge in [-0.25, -0.2) is 13.1 Å². The molecule has 31 heavy (non-hydrogen) atoms. The first-order valence-corrected chi connectivity index (χ1v) is 11.9. The Hall–Kier alpha value is -2.33. The molecule has 0 radical (unpaired) electrons. The van der Waals surface area contributed by atoms with Gasteiger partial charge in [0.05, 0.1) is 4.90 Å². The molecule has 0 bridgehead atoms. The van der Waals surface area contributed by atoms with E-state index in [4.69, 9.17) is 14.2 Å². The highest BCUT2D eigenvalue weighted by Gasteiger charge is 2.27. The van der Waals surface area contributed by atoms with E-state index in [0.717, 1.165) is 0 Å². The van der Waals surface area contributed by atoms with Gasteiger partial charge in [-0.1, -0.05) is 0 Å². The first kappa shape index (κ1) is 24.9. The van der Waals surface area contributed by atoms with Crippen LogP contribution in [0.25, 0.3) is 0 Å². The summed E-state index contributed by atoms with van der Waals surface area (Å²) in [5.41, 5.74) is 0. The molecule has 1 atom stereocenters. The van der Waals surface area contributed by atoms with Crippen LogP contribution in [0.1, 0.15) is 47.5 Å². The number of hydrogen-bond acceptors (Lipinski definition) is 7. The van der Waals surface area contributed by atoms with E-state index in [1.54, 1.807) is 17.9 Å². The predicted molar refractivity (Wildman–Crippen MR) is 115 cm³/mol. The fraction of sp³-hybridized carbons (Fsp3) is 0.619. The Kier molecular flexibility index (Phi) is 8.69. The summed E-state index contributed by atoms with van der Waals surface area (Å²) in [7, 11) is -3.76. The van der Waals surface area contributed by atoms with Crippen molar-refractivity contribution < 1.29 is 32.2 Å². The van der Waals surface area contributed by atoms with Crippen molar-refractivity contribution in [3.05, 3.63) is 18.2 Å². The third-order valence-electron chi connectivity index (χ3n) is 4.70. The first-order valence-electron chi connectivity index (χ1n) is 10.4. The zero-order valence-corrected chi connectivity index (χ0v) is 19.5. The third kappa shape index (κ3) is 6.83. The molecule has 1 amide bonds. The summed E-state index contributed by atoms with van der Waals surface area (Å²) >= 11 is 0. The number of hydrogen-bond donors (Lipinski definition) is 1. The maximum atomic E-state index is 12.5. The van der Waals surface area contributed by atoms with Crippen LogP contribution >= 0.6 is 0 Å². The lowest BCUT2D eigenvalue weighted by Crippen LogP contribution is -2.47. The molecule has 0 aliphatic carbocycles. The van der Waals surface area contributed by atoms with E-state index in [1.165, 1.54) is 12.1 Å². The average molecular weight is 457 g/mol. The number of rotatable bonds is 10. The minimum absolute atomic E-state index is 0.00929. The molecule has 1 aliphatic heterocycles. The topological polar surface area (TPSA) is 111 Å². The molecule has 1 aromatic carbocycles. The molecule has 0 fully saturated rings. The SMILES string of the molecule is CC(OC(=O)CCCNS(=O)(=O)c1ccc2c(c1)OCCO2)C(=O)N(C(C)C)C(C)C. The fourth-order valence-corrected chi connectivity index (χ4v) is 4.42. The van der Waals surface area contributed by atoms with Crippen molar-refractivity contribution >= 4 is 21.9 Å². The van der Waals surface area contributed by atoms with Gasteiger partial charge in [-0.2, -0.15) is 0 Å². The van der Waals surface area contributed by atoms with Crippen molar-refractivity contribution in [2.45, 2.75) is 70.5 Å². The second-order valence-corrected chi connectivity index (χ2v) is 9.64. The summed E-state index contributed by atoms with van der Waals surface area (Å²) in [6.45, 7) is 9.99. The molecule has 9 nitrogen and oxygen atoms in total. The summed E-state index contributed by atoms with van der Waals surface area (Å²) < 4.78 is 43.4. The fourth-order valence-electron chi connectivity index (χ4n) is 3.34. The predicted octanol–water partition coefficient (Wildman–Crippen LogP) is 2.09. The Labute approximate surface area is 184 Å². The van der Waals surface area contributed by atoms with Gasteiger partial charge in [0.15, 0.2) is 17.6 Å². The highest BCUT2D eigenvalue weighted by molar-refractivity contribution is 7.89. The summed E-state index contributed by atoms with van der Waals surface area (Å²) in [4.78, 5) is 26.3. The highest BCUT2D eigenvalue weighted by Crippen LogP contribution is 2.32. The maximum Gasteiger partial charge on any atom is 0.306 e. The molecule has 1 unspecified atom stereocenters. The number of carbonyl (C=O) groups is 2. The van der Waals surface area contributed by atoms with Gasteiger partial charge in [0.1, 0.15) is 13.2 Å². The van der Waals surface area contributed by atoms with Gasteiger partial charge in [-0.05, 0) is 53.2 Å². The van der Waals surface area contributed by atoms with Crippen LogP contribution in [0.5, 0.6) is 11.5 Å². The Bertz CT molecular complexity index is 876. The van der Waals surface area contributed by atoms with Gasteiger partial charge >= 0.3 is 5.97 Å². The van der Waals surface area contributed by atoms with Crippen LogP contribution < -0.4 is 14.2 Å². The van der Waals surface area contributed by atoms with Crippen LogP contribution in [0.2, 0.25) is 0 Å². The molecule has 1 aliphatic rings. The van der Waals surface area contributed by atoms with Crippen LogP contribution in [0.3, 0.4) is 0 Å². The van der Waals surface area contributed by atoms with Crippen molar-refractivity contribution in [1.29, 1.82) is 0 Å². The van der Waals surface area contributed by atoms with Gasteiger partial charge < -0.3 is 19.1 Å². The van der Waals surface area contributed by atoms with Gasteiger partial charge in [0, 0.05) is 31.1 Å². The zero-order chi connectivity index (χ0) is 23.2. The molecule has 174 valence electrons. The monoisotopic (exact) mass is 456 g/mol. The largest absolute Gasteiger partial charge is 0.486 e. The number of nitrogens with zero attached hydrogens (tertiary/aromatic N) is 1. The summed E-state index contributed by atoms with van der Waals surface area (Å²) in [6, 6.07) is 4.38. The first-order chi connectivity index (χ1) is 14.5. The van der Waals surface area contributed by atoms with Crippen molar-refractivity contribution in [3.63, 3.8) is 0 Å². The van der Waals surface area contributed by atoms with Crippen LogP contribution in [-0.4, -0.2) is 63.1 Å². The number of fused-ring (bicyclic) bond motifs is 1. The molecule has 0 aromatic heterocycles. The molecule has 1 aromatic rings. The van der Waals surface area contributed by atoms with Crippen molar-refractivity contribution in [2.75, 3.05) is 19.8 Å². The number of ether oxygens (including phenoxy) is 3. The van der Waals surface area contributed by atoms with Crippen molar-refractivity contribution in [3.8, 4) is 11.5 Å². The summed E-state index contributed by atoms with van der Waals surface area (Å²) in [5, 5.41) is 0. The molecular weight excluding hydrogens is 424 g/mol. The maximum absolute atomic E-state index is 12.5. The number of sulfonamides is 1. The minimum Gasteiger partial charge on any atom is -0.486 e. The van der Waals surface area contributed by atoms with E-state index >= 15 is 0 Å². The number of nitrogens with one attached hydrogen (secondary N) is 1. The minimum atomic E-state index is -3.76. The van der Waals surface area contributed by atoms with E-state index in [-0.39, 0.29) is 42.3 Å². The van der Waals surface area contributed by atoms with Crippen molar-refractivity contribution in [1.82, 2.24) is 9.62 Å². The van der Waals surface area contributed by atoms with Gasteiger partial charge in [-0.15, -0.1) is 0 Å². The van der Waals surface area contributed by atoms with Crippen LogP contribution in [0, 0.1) is 0 Å². The number of esters is 1. The summed E-state index contributed by atoms with van der Waals surface area (Å²) in [5.74, 6) is 0.0859. The Balaban J connectivity index is 1.81.